The summed E-state index contributed by atoms with van der Waals surface area (Å²) in [4.78, 5) is 2.09. The molecule has 4 N–H and O–H groups in total. The van der Waals surface area contributed by atoms with E-state index in [1.807, 2.05) is 0 Å². The molecule has 4 nitrogen and oxygen atoms in total. The van der Waals surface area contributed by atoms with E-state index in [0.717, 1.165) is 13.0 Å². The lowest BCUT2D eigenvalue weighted by Gasteiger charge is -2.31. The van der Waals surface area contributed by atoms with Crippen molar-refractivity contribution in [2.45, 2.75) is 32.5 Å². The van der Waals surface area contributed by atoms with Crippen molar-refractivity contribution in [3.63, 3.8) is 0 Å². The lowest BCUT2D eigenvalue weighted by atomic mass is 9.87. The minimum Gasteiger partial charge on any atom is -0.389 e. The van der Waals surface area contributed by atoms with E-state index in [0.29, 0.717) is 19.6 Å². The largest absolute Gasteiger partial charge is 0.389 e. The Bertz CT molecular complexity index is 173. The summed E-state index contributed by atoms with van der Waals surface area (Å²) in [5.41, 5.74) is 5.81. The van der Waals surface area contributed by atoms with Gasteiger partial charge in [0.2, 0.25) is 0 Å². The molecule has 0 radical (unpaired) electrons. The molecule has 0 spiro atoms. The first kappa shape index (κ1) is 11.9. The molecule has 0 aliphatic carbocycles. The molecule has 0 aromatic heterocycles. The van der Waals surface area contributed by atoms with Crippen molar-refractivity contribution in [2.24, 2.45) is 11.1 Å². The molecule has 1 rings (SSSR count). The first-order valence-corrected chi connectivity index (χ1v) is 5.29. The van der Waals surface area contributed by atoms with Gasteiger partial charge in [0.25, 0.3) is 0 Å². The second-order valence-electron chi connectivity index (χ2n) is 4.70. The maximum Gasteiger partial charge on any atom is 0.0938 e. The normalized spacial score (nSPS) is 33.2. The summed E-state index contributed by atoms with van der Waals surface area (Å²) in [5.74, 6) is 0. The Balaban J connectivity index is 2.45. The smallest absolute Gasteiger partial charge is 0.0938 e. The van der Waals surface area contributed by atoms with Gasteiger partial charge in [0.1, 0.15) is 0 Å². The van der Waals surface area contributed by atoms with Gasteiger partial charge in [-0.15, -0.1) is 0 Å². The summed E-state index contributed by atoms with van der Waals surface area (Å²) in [5, 5.41) is 18.8. The SMILES string of the molecule is CCC(C)(CN)CN1CC(O)C(O)C1. The molecule has 3 atom stereocenters. The van der Waals surface area contributed by atoms with E-state index in [9.17, 15) is 10.2 Å². The van der Waals surface area contributed by atoms with Crippen LogP contribution in [-0.2, 0) is 0 Å². The van der Waals surface area contributed by atoms with Gasteiger partial charge in [-0.25, -0.2) is 0 Å². The minimum absolute atomic E-state index is 0.101. The van der Waals surface area contributed by atoms with E-state index in [1.54, 1.807) is 0 Å². The molecule has 1 aliphatic rings. The molecule has 84 valence electrons. The fourth-order valence-corrected chi connectivity index (χ4v) is 1.84. The zero-order chi connectivity index (χ0) is 10.8. The minimum atomic E-state index is -0.589. The fraction of sp³-hybridized carbons (Fsp3) is 1.00. The maximum absolute atomic E-state index is 9.39. The van der Waals surface area contributed by atoms with Gasteiger partial charge in [-0.2, -0.15) is 0 Å². The van der Waals surface area contributed by atoms with E-state index in [1.165, 1.54) is 0 Å². The number of aliphatic hydroxyl groups is 2. The third-order valence-electron chi connectivity index (χ3n) is 3.29. The summed E-state index contributed by atoms with van der Waals surface area (Å²) in [7, 11) is 0. The van der Waals surface area contributed by atoms with E-state index in [4.69, 9.17) is 5.73 Å². The number of nitrogens with two attached hydrogens (primary N) is 1. The second kappa shape index (κ2) is 4.57. The van der Waals surface area contributed by atoms with Crippen LogP contribution in [-0.4, -0.2) is 53.5 Å². The number of nitrogens with zero attached hydrogens (tertiary/aromatic N) is 1. The van der Waals surface area contributed by atoms with Crippen LogP contribution in [0.15, 0.2) is 0 Å². The van der Waals surface area contributed by atoms with Crippen molar-refractivity contribution in [1.82, 2.24) is 4.90 Å². The number of aliphatic hydroxyl groups excluding tert-OH is 2. The zero-order valence-corrected chi connectivity index (χ0v) is 9.11. The molecule has 4 heteroatoms. The highest BCUT2D eigenvalue weighted by molar-refractivity contribution is 4.87. The van der Waals surface area contributed by atoms with Crippen molar-refractivity contribution in [2.75, 3.05) is 26.2 Å². The Labute approximate surface area is 85.7 Å². The molecular weight excluding hydrogens is 180 g/mol. The molecule has 0 saturated carbocycles. The maximum atomic E-state index is 9.39. The van der Waals surface area contributed by atoms with Crippen LogP contribution in [0.2, 0.25) is 0 Å². The molecule has 1 fully saturated rings. The highest BCUT2D eigenvalue weighted by Gasteiger charge is 2.33. The Hall–Kier alpha value is -0.160. The monoisotopic (exact) mass is 202 g/mol. The van der Waals surface area contributed by atoms with Crippen LogP contribution in [0.5, 0.6) is 0 Å². The van der Waals surface area contributed by atoms with Crippen molar-refractivity contribution >= 4 is 0 Å². The first-order chi connectivity index (χ1) is 6.50. The molecule has 1 heterocycles. The number of hydrogen-bond donors (Lipinski definition) is 3. The Morgan fingerprint density at radius 2 is 1.86 bits per heavy atom. The highest BCUT2D eigenvalue weighted by atomic mass is 16.3. The molecule has 0 aromatic carbocycles. The molecule has 0 amide bonds. The van der Waals surface area contributed by atoms with Gasteiger partial charge in [0.15, 0.2) is 0 Å². The third kappa shape index (κ3) is 2.67. The van der Waals surface area contributed by atoms with Crippen molar-refractivity contribution in [3.05, 3.63) is 0 Å². The summed E-state index contributed by atoms with van der Waals surface area (Å²) in [6, 6.07) is 0. The van der Waals surface area contributed by atoms with Crippen molar-refractivity contribution < 1.29 is 10.2 Å². The van der Waals surface area contributed by atoms with Gasteiger partial charge in [-0.1, -0.05) is 13.8 Å². The zero-order valence-electron chi connectivity index (χ0n) is 9.11. The van der Waals surface area contributed by atoms with Crippen LogP contribution in [0.1, 0.15) is 20.3 Å². The highest BCUT2D eigenvalue weighted by Crippen LogP contribution is 2.23. The van der Waals surface area contributed by atoms with Crippen molar-refractivity contribution in [1.29, 1.82) is 0 Å². The molecule has 14 heavy (non-hydrogen) atoms. The van der Waals surface area contributed by atoms with Gasteiger partial charge in [-0.05, 0) is 18.4 Å². The first-order valence-electron chi connectivity index (χ1n) is 5.29. The van der Waals surface area contributed by atoms with Crippen molar-refractivity contribution in [3.8, 4) is 0 Å². The van der Waals surface area contributed by atoms with Gasteiger partial charge in [0, 0.05) is 19.6 Å². The van der Waals surface area contributed by atoms with Gasteiger partial charge in [0.05, 0.1) is 12.2 Å². The van der Waals surface area contributed by atoms with E-state index < -0.39 is 12.2 Å². The predicted octanol–water partition coefficient (Wildman–Crippen LogP) is -0.601. The number of rotatable bonds is 4. The predicted molar refractivity (Wildman–Crippen MR) is 55.9 cm³/mol. The quantitative estimate of drug-likeness (QED) is 0.569. The number of likely N-dealkylation sites (tertiary alicyclic amines) is 1. The van der Waals surface area contributed by atoms with Crippen LogP contribution in [0.25, 0.3) is 0 Å². The van der Waals surface area contributed by atoms with Gasteiger partial charge in [-0.3, -0.25) is 4.90 Å². The summed E-state index contributed by atoms with van der Waals surface area (Å²) < 4.78 is 0. The Morgan fingerprint density at radius 1 is 1.36 bits per heavy atom. The summed E-state index contributed by atoms with van der Waals surface area (Å²) >= 11 is 0. The lowest BCUT2D eigenvalue weighted by Crippen LogP contribution is -2.39. The lowest BCUT2D eigenvalue weighted by molar-refractivity contribution is 0.0572. The van der Waals surface area contributed by atoms with Crippen LogP contribution < -0.4 is 5.73 Å². The fourth-order valence-electron chi connectivity index (χ4n) is 1.84. The molecule has 0 bridgehead atoms. The Morgan fingerprint density at radius 3 is 2.21 bits per heavy atom. The second-order valence-corrected chi connectivity index (χ2v) is 4.70. The van der Waals surface area contributed by atoms with E-state index in [-0.39, 0.29) is 5.41 Å². The van der Waals surface area contributed by atoms with E-state index in [2.05, 4.69) is 18.7 Å². The average molecular weight is 202 g/mol. The molecule has 0 aromatic rings. The summed E-state index contributed by atoms with van der Waals surface area (Å²) in [6.07, 6.45) is -0.158. The van der Waals surface area contributed by atoms with Gasteiger partial charge < -0.3 is 15.9 Å². The standard InChI is InChI=1S/C10H22N2O2/c1-3-10(2,6-11)7-12-4-8(13)9(14)5-12/h8-9,13-14H,3-7,11H2,1-2H3. The van der Waals surface area contributed by atoms with E-state index >= 15 is 0 Å². The molecule has 1 saturated heterocycles. The molecule has 3 unspecified atom stereocenters. The van der Waals surface area contributed by atoms with Gasteiger partial charge >= 0.3 is 0 Å². The van der Waals surface area contributed by atoms with Crippen LogP contribution in [0, 0.1) is 5.41 Å². The summed E-state index contributed by atoms with van der Waals surface area (Å²) in [6.45, 7) is 6.90. The number of β-amino-alcohol motifs (C(OH)–C–C–N with tert-alkyl or cyclic N) is 2. The molecular formula is C10H22N2O2. The number of hydrogen-bond acceptors (Lipinski definition) is 4. The van der Waals surface area contributed by atoms with Crippen LogP contribution >= 0.6 is 0 Å². The average Bonchev–Trinajstić information content (AvgIpc) is 2.45. The van der Waals surface area contributed by atoms with Crippen LogP contribution in [0.4, 0.5) is 0 Å². The molecule has 1 aliphatic heterocycles. The third-order valence-corrected chi connectivity index (χ3v) is 3.29. The van der Waals surface area contributed by atoms with Crippen LogP contribution in [0.3, 0.4) is 0 Å². The topological polar surface area (TPSA) is 69.7 Å². The Kier molecular flexibility index (Phi) is 3.89.